The highest BCUT2D eigenvalue weighted by molar-refractivity contribution is 5.92. The minimum Gasteiger partial charge on any atom is -0.480 e. The van der Waals surface area contributed by atoms with Gasteiger partial charge in [0.1, 0.15) is 0 Å². The van der Waals surface area contributed by atoms with Crippen molar-refractivity contribution in [1.29, 1.82) is 0 Å². The third-order valence-corrected chi connectivity index (χ3v) is 2.18. The number of aliphatic carboxylic acids is 1. The Kier molecular flexibility index (Phi) is 4.47. The van der Waals surface area contributed by atoms with Gasteiger partial charge in [-0.3, -0.25) is 0 Å². The number of carboxylic acid groups (broad SMARTS) is 1. The zero-order valence-corrected chi connectivity index (χ0v) is 9.30. The lowest BCUT2D eigenvalue weighted by molar-refractivity contribution is -0.140. The van der Waals surface area contributed by atoms with Gasteiger partial charge in [-0.25, -0.2) is 9.59 Å². The maximum absolute atomic E-state index is 11.4. The highest BCUT2D eigenvalue weighted by atomic mass is 16.4. The number of rotatable bonds is 4. The molecule has 92 valence electrons. The summed E-state index contributed by atoms with van der Waals surface area (Å²) in [5.74, 6) is -1.28. The number of anilines is 1. The molecule has 0 aromatic heterocycles. The van der Waals surface area contributed by atoms with Gasteiger partial charge in [0.05, 0.1) is 6.61 Å². The predicted molar refractivity (Wildman–Crippen MR) is 61.8 cm³/mol. The highest BCUT2D eigenvalue weighted by Gasteiger charge is 2.18. The standard InChI is InChI=1S/C11H14N2O4/c1-7-4-2-3-5-8(7)12-11(17)13-9(6-14)10(15)16/h2-5,9,14H,6H2,1H3,(H,15,16)(H2,12,13,17)/t9-/m0/s1. The van der Waals surface area contributed by atoms with Crippen LogP contribution in [0, 0.1) is 6.92 Å². The van der Waals surface area contributed by atoms with Gasteiger partial charge in [0.2, 0.25) is 0 Å². The molecule has 0 spiro atoms. The van der Waals surface area contributed by atoms with E-state index in [1.54, 1.807) is 12.1 Å². The van der Waals surface area contributed by atoms with Crippen LogP contribution in [0.25, 0.3) is 0 Å². The van der Waals surface area contributed by atoms with Crippen LogP contribution in [0.5, 0.6) is 0 Å². The molecule has 0 heterocycles. The summed E-state index contributed by atoms with van der Waals surface area (Å²) >= 11 is 0. The lowest BCUT2D eigenvalue weighted by atomic mass is 10.2. The lowest BCUT2D eigenvalue weighted by Crippen LogP contribution is -2.45. The monoisotopic (exact) mass is 238 g/mol. The number of aryl methyl sites for hydroxylation is 1. The molecule has 0 fully saturated rings. The quantitative estimate of drug-likeness (QED) is 0.616. The summed E-state index contributed by atoms with van der Waals surface area (Å²) in [6, 6.07) is 5.12. The Bertz CT molecular complexity index is 420. The summed E-state index contributed by atoms with van der Waals surface area (Å²) in [5, 5.41) is 22.0. The minimum absolute atomic E-state index is 0.590. The van der Waals surface area contributed by atoms with E-state index in [9.17, 15) is 9.59 Å². The first-order chi connectivity index (χ1) is 8.04. The second-order valence-corrected chi connectivity index (χ2v) is 3.49. The van der Waals surface area contributed by atoms with Crippen LogP contribution in [0.15, 0.2) is 24.3 Å². The average Bonchev–Trinajstić information content (AvgIpc) is 2.28. The number of benzene rings is 1. The van der Waals surface area contributed by atoms with Crippen molar-refractivity contribution in [2.75, 3.05) is 11.9 Å². The molecule has 1 aromatic carbocycles. The summed E-state index contributed by atoms with van der Waals surface area (Å²) in [7, 11) is 0. The molecule has 0 unspecified atom stereocenters. The van der Waals surface area contributed by atoms with E-state index in [-0.39, 0.29) is 0 Å². The van der Waals surface area contributed by atoms with Crippen LogP contribution in [0.3, 0.4) is 0 Å². The largest absolute Gasteiger partial charge is 0.480 e. The number of carbonyl (C=O) groups excluding carboxylic acids is 1. The van der Waals surface area contributed by atoms with Crippen molar-refractivity contribution >= 4 is 17.7 Å². The maximum Gasteiger partial charge on any atom is 0.328 e. The van der Waals surface area contributed by atoms with Gasteiger partial charge in [-0.05, 0) is 18.6 Å². The van der Waals surface area contributed by atoms with E-state index in [2.05, 4.69) is 10.6 Å². The van der Waals surface area contributed by atoms with E-state index < -0.39 is 24.6 Å². The molecular formula is C11H14N2O4. The zero-order chi connectivity index (χ0) is 12.8. The van der Waals surface area contributed by atoms with E-state index in [0.29, 0.717) is 5.69 Å². The van der Waals surface area contributed by atoms with Crippen LogP contribution in [0.1, 0.15) is 5.56 Å². The third-order valence-electron chi connectivity index (χ3n) is 2.18. The van der Waals surface area contributed by atoms with Crippen molar-refractivity contribution in [3.63, 3.8) is 0 Å². The zero-order valence-electron chi connectivity index (χ0n) is 9.30. The molecular weight excluding hydrogens is 224 g/mol. The van der Waals surface area contributed by atoms with Crippen LogP contribution in [0.4, 0.5) is 10.5 Å². The van der Waals surface area contributed by atoms with Gasteiger partial charge >= 0.3 is 12.0 Å². The Labute approximate surface area is 98.3 Å². The normalized spacial score (nSPS) is 11.6. The molecule has 6 heteroatoms. The summed E-state index contributed by atoms with van der Waals surface area (Å²) in [4.78, 5) is 22.0. The van der Waals surface area contributed by atoms with Crippen LogP contribution < -0.4 is 10.6 Å². The SMILES string of the molecule is Cc1ccccc1NC(=O)N[C@@H](CO)C(=O)O. The molecule has 17 heavy (non-hydrogen) atoms. The van der Waals surface area contributed by atoms with E-state index in [4.69, 9.17) is 10.2 Å². The van der Waals surface area contributed by atoms with Gasteiger partial charge in [0.15, 0.2) is 6.04 Å². The van der Waals surface area contributed by atoms with Crippen LogP contribution in [-0.4, -0.2) is 34.9 Å². The number of carbonyl (C=O) groups is 2. The molecule has 0 saturated heterocycles. The maximum atomic E-state index is 11.4. The summed E-state index contributed by atoms with van der Waals surface area (Å²) in [6.45, 7) is 1.16. The Morgan fingerprint density at radius 2 is 2.00 bits per heavy atom. The minimum atomic E-state index is -1.31. The molecule has 6 nitrogen and oxygen atoms in total. The molecule has 1 rings (SSSR count). The van der Waals surface area contributed by atoms with Gasteiger partial charge in [-0.15, -0.1) is 0 Å². The molecule has 0 radical (unpaired) electrons. The molecule has 0 aliphatic carbocycles. The van der Waals surface area contributed by atoms with E-state index >= 15 is 0 Å². The topological polar surface area (TPSA) is 98.7 Å². The highest BCUT2D eigenvalue weighted by Crippen LogP contribution is 2.12. The van der Waals surface area contributed by atoms with Crippen molar-refractivity contribution in [2.45, 2.75) is 13.0 Å². The van der Waals surface area contributed by atoms with Crippen molar-refractivity contribution in [1.82, 2.24) is 5.32 Å². The fourth-order valence-corrected chi connectivity index (χ4v) is 1.22. The second kappa shape index (κ2) is 5.86. The summed E-state index contributed by atoms with van der Waals surface area (Å²) in [6.07, 6.45) is 0. The third kappa shape index (κ3) is 3.76. The number of hydrogen-bond donors (Lipinski definition) is 4. The number of aliphatic hydroxyl groups is 1. The van der Waals surface area contributed by atoms with Gasteiger partial charge in [0, 0.05) is 5.69 Å². The Hall–Kier alpha value is -2.08. The second-order valence-electron chi connectivity index (χ2n) is 3.49. The number of aliphatic hydroxyl groups excluding tert-OH is 1. The molecule has 1 aromatic rings. The summed E-state index contributed by atoms with van der Waals surface area (Å²) < 4.78 is 0. The number of para-hydroxylation sites is 1. The number of carboxylic acids is 1. The first kappa shape index (κ1) is 13.0. The van der Waals surface area contributed by atoms with Crippen LogP contribution in [-0.2, 0) is 4.79 Å². The van der Waals surface area contributed by atoms with Crippen molar-refractivity contribution < 1.29 is 19.8 Å². The van der Waals surface area contributed by atoms with E-state index in [0.717, 1.165) is 5.56 Å². The first-order valence-electron chi connectivity index (χ1n) is 5.01. The summed E-state index contributed by atoms with van der Waals surface area (Å²) in [5.41, 5.74) is 1.45. The molecule has 2 amide bonds. The number of urea groups is 1. The fourth-order valence-electron chi connectivity index (χ4n) is 1.22. The molecule has 0 aliphatic heterocycles. The van der Waals surface area contributed by atoms with Crippen molar-refractivity contribution in [2.24, 2.45) is 0 Å². The lowest BCUT2D eigenvalue weighted by Gasteiger charge is -2.13. The average molecular weight is 238 g/mol. The smallest absolute Gasteiger partial charge is 0.328 e. The Morgan fingerprint density at radius 3 is 2.53 bits per heavy atom. The van der Waals surface area contributed by atoms with Crippen molar-refractivity contribution in [3.8, 4) is 0 Å². The molecule has 4 N–H and O–H groups in total. The number of hydrogen-bond acceptors (Lipinski definition) is 3. The van der Waals surface area contributed by atoms with Gasteiger partial charge in [-0.1, -0.05) is 18.2 Å². The first-order valence-corrected chi connectivity index (χ1v) is 5.01. The molecule has 0 aliphatic rings. The number of amides is 2. The van der Waals surface area contributed by atoms with Gasteiger partial charge < -0.3 is 20.8 Å². The number of nitrogens with one attached hydrogen (secondary N) is 2. The van der Waals surface area contributed by atoms with Crippen molar-refractivity contribution in [3.05, 3.63) is 29.8 Å². The van der Waals surface area contributed by atoms with Crippen LogP contribution in [0.2, 0.25) is 0 Å². The Balaban J connectivity index is 2.61. The van der Waals surface area contributed by atoms with Gasteiger partial charge in [0.25, 0.3) is 0 Å². The molecule has 0 bridgehead atoms. The van der Waals surface area contributed by atoms with Crippen LogP contribution >= 0.6 is 0 Å². The fraction of sp³-hybridized carbons (Fsp3) is 0.273. The molecule has 1 atom stereocenters. The predicted octanol–water partition coefficient (Wildman–Crippen LogP) is 0.562. The Morgan fingerprint density at radius 1 is 1.35 bits per heavy atom. The van der Waals surface area contributed by atoms with E-state index in [1.807, 2.05) is 19.1 Å². The molecule has 0 saturated carbocycles. The van der Waals surface area contributed by atoms with Gasteiger partial charge in [-0.2, -0.15) is 0 Å². The van der Waals surface area contributed by atoms with E-state index in [1.165, 1.54) is 0 Å².